The maximum Gasteiger partial charge on any atom is 0.320 e. The van der Waals surface area contributed by atoms with Crippen LogP contribution in [0.4, 0.5) is 11.6 Å². The molecule has 3 atom stereocenters. The number of aromatic nitrogens is 2. The second kappa shape index (κ2) is 9.44. The molecule has 8 heteroatoms. The van der Waals surface area contributed by atoms with E-state index in [9.17, 15) is 0 Å². The summed E-state index contributed by atoms with van der Waals surface area (Å²) < 4.78 is 17.2. The lowest BCUT2D eigenvalue weighted by molar-refractivity contribution is 0.0646. The molecule has 0 bridgehead atoms. The molecule has 2 fully saturated rings. The minimum atomic E-state index is 0.0919. The van der Waals surface area contributed by atoms with Gasteiger partial charge >= 0.3 is 6.01 Å². The molecular formula is C24H31N5O3. The van der Waals surface area contributed by atoms with Gasteiger partial charge in [0, 0.05) is 39.1 Å². The van der Waals surface area contributed by atoms with Gasteiger partial charge in [0.05, 0.1) is 18.2 Å². The van der Waals surface area contributed by atoms with Gasteiger partial charge in [0.25, 0.3) is 0 Å². The van der Waals surface area contributed by atoms with E-state index in [0.717, 1.165) is 50.6 Å². The van der Waals surface area contributed by atoms with Gasteiger partial charge in [-0.1, -0.05) is 29.8 Å². The first-order chi connectivity index (χ1) is 15.7. The fourth-order valence-corrected chi connectivity index (χ4v) is 4.42. The summed E-state index contributed by atoms with van der Waals surface area (Å²) in [6, 6.07) is 11.0. The number of methoxy groups -OCH3 is 1. The van der Waals surface area contributed by atoms with Crippen molar-refractivity contribution in [2.24, 2.45) is 0 Å². The van der Waals surface area contributed by atoms with Gasteiger partial charge in [-0.3, -0.25) is 5.01 Å². The van der Waals surface area contributed by atoms with Crippen LogP contribution in [0, 0.1) is 6.92 Å². The average Bonchev–Trinajstić information content (AvgIpc) is 3.59. The maximum absolute atomic E-state index is 5.99. The number of hydrogen-bond acceptors (Lipinski definition) is 8. The third kappa shape index (κ3) is 4.72. The van der Waals surface area contributed by atoms with Crippen LogP contribution in [0.1, 0.15) is 36.4 Å². The molecule has 5 rings (SSSR count). The summed E-state index contributed by atoms with van der Waals surface area (Å²) in [7, 11) is 1.76. The van der Waals surface area contributed by atoms with Crippen molar-refractivity contribution in [1.82, 2.24) is 15.4 Å². The van der Waals surface area contributed by atoms with Gasteiger partial charge in [-0.2, -0.15) is 9.97 Å². The predicted molar refractivity (Wildman–Crippen MR) is 123 cm³/mol. The first kappa shape index (κ1) is 21.2. The van der Waals surface area contributed by atoms with Gasteiger partial charge in [-0.05, 0) is 37.8 Å². The second-order valence-corrected chi connectivity index (χ2v) is 8.64. The summed E-state index contributed by atoms with van der Waals surface area (Å²) in [5.41, 5.74) is 5.98. The van der Waals surface area contributed by atoms with Crippen LogP contribution in [-0.2, 0) is 9.47 Å². The molecule has 0 saturated carbocycles. The van der Waals surface area contributed by atoms with Crippen LogP contribution in [0.2, 0.25) is 0 Å². The van der Waals surface area contributed by atoms with E-state index in [1.165, 1.54) is 11.1 Å². The van der Waals surface area contributed by atoms with Gasteiger partial charge < -0.3 is 19.1 Å². The molecule has 8 nitrogen and oxygen atoms in total. The van der Waals surface area contributed by atoms with E-state index >= 15 is 0 Å². The van der Waals surface area contributed by atoms with E-state index in [4.69, 9.17) is 24.2 Å². The number of aryl methyl sites for hydroxylation is 1. The molecule has 2 aromatic rings. The summed E-state index contributed by atoms with van der Waals surface area (Å²) in [5, 5.41) is 1.95. The van der Waals surface area contributed by atoms with Crippen molar-refractivity contribution in [3.05, 3.63) is 53.7 Å². The number of ether oxygens (including phenoxy) is 3. The van der Waals surface area contributed by atoms with Crippen LogP contribution in [0.15, 0.2) is 42.6 Å². The minimum absolute atomic E-state index is 0.0919. The minimum Gasteiger partial charge on any atom is -0.461 e. The Morgan fingerprint density at radius 3 is 2.88 bits per heavy atom. The van der Waals surface area contributed by atoms with E-state index in [0.29, 0.717) is 12.6 Å². The zero-order valence-electron chi connectivity index (χ0n) is 18.7. The largest absolute Gasteiger partial charge is 0.461 e. The Kier molecular flexibility index (Phi) is 6.25. The van der Waals surface area contributed by atoms with Crippen molar-refractivity contribution in [2.75, 3.05) is 43.3 Å². The van der Waals surface area contributed by atoms with Gasteiger partial charge in [-0.15, -0.1) is 0 Å². The Hall–Kier alpha value is -2.68. The monoisotopic (exact) mass is 437 g/mol. The van der Waals surface area contributed by atoms with E-state index < -0.39 is 0 Å². The number of rotatable bonds is 7. The van der Waals surface area contributed by atoms with Gasteiger partial charge in [0.15, 0.2) is 5.82 Å². The van der Waals surface area contributed by atoms with Crippen molar-refractivity contribution in [2.45, 2.75) is 44.4 Å². The smallest absolute Gasteiger partial charge is 0.320 e. The summed E-state index contributed by atoms with van der Waals surface area (Å²) in [6.45, 7) is 5.09. The zero-order valence-corrected chi connectivity index (χ0v) is 18.7. The van der Waals surface area contributed by atoms with Crippen molar-refractivity contribution in [3.8, 4) is 6.01 Å². The molecule has 3 aliphatic rings. The number of hydrazine groups is 1. The SMILES string of the molecule is COC1CCN(c2cc(N3C=CC(c4cccc(C)c4)N3)nc(OCC3CCCO3)n2)C1. The Bertz CT molecular complexity index is 962. The highest BCUT2D eigenvalue weighted by atomic mass is 16.5. The number of nitrogens with zero attached hydrogens (tertiary/aromatic N) is 4. The molecule has 0 amide bonds. The standard InChI is InChI=1S/C24H31N5O3/c1-17-5-3-6-18(13-17)21-9-11-29(27-21)23-14-22(28-10-8-19(15-28)30-2)25-24(26-23)32-16-20-7-4-12-31-20/h3,5-6,9,11,13-14,19-21,27H,4,7-8,10,12,15-16H2,1-2H3. The first-order valence-electron chi connectivity index (χ1n) is 11.4. The van der Waals surface area contributed by atoms with Crippen LogP contribution in [0.25, 0.3) is 0 Å². The van der Waals surface area contributed by atoms with Crippen LogP contribution >= 0.6 is 0 Å². The van der Waals surface area contributed by atoms with Crippen molar-refractivity contribution in [3.63, 3.8) is 0 Å². The number of benzene rings is 1. The molecular weight excluding hydrogens is 406 g/mol. The fraction of sp³-hybridized carbons (Fsp3) is 0.500. The van der Waals surface area contributed by atoms with Crippen LogP contribution < -0.4 is 20.1 Å². The van der Waals surface area contributed by atoms with Crippen molar-refractivity contribution < 1.29 is 14.2 Å². The maximum atomic E-state index is 5.99. The lowest BCUT2D eigenvalue weighted by Gasteiger charge is -2.23. The molecule has 3 aliphatic heterocycles. The molecule has 0 aliphatic carbocycles. The summed E-state index contributed by atoms with van der Waals surface area (Å²) in [4.78, 5) is 11.6. The highest BCUT2D eigenvalue weighted by molar-refractivity contribution is 5.54. The van der Waals surface area contributed by atoms with Crippen molar-refractivity contribution in [1.29, 1.82) is 0 Å². The lowest BCUT2D eigenvalue weighted by atomic mass is 10.1. The second-order valence-electron chi connectivity index (χ2n) is 8.64. The van der Waals surface area contributed by atoms with Gasteiger partial charge in [-0.25, -0.2) is 5.43 Å². The van der Waals surface area contributed by atoms with Gasteiger partial charge in [0.2, 0.25) is 0 Å². The van der Waals surface area contributed by atoms with E-state index in [1.807, 2.05) is 17.3 Å². The van der Waals surface area contributed by atoms with Crippen molar-refractivity contribution >= 4 is 11.6 Å². The topological polar surface area (TPSA) is 72.0 Å². The number of hydrogen-bond donors (Lipinski definition) is 1. The lowest BCUT2D eigenvalue weighted by Crippen LogP contribution is -2.32. The quantitative estimate of drug-likeness (QED) is 0.708. The molecule has 1 aromatic heterocycles. The van der Waals surface area contributed by atoms with Crippen LogP contribution in [0.3, 0.4) is 0 Å². The Morgan fingerprint density at radius 1 is 1.19 bits per heavy atom. The first-order valence-corrected chi connectivity index (χ1v) is 11.4. The van der Waals surface area contributed by atoms with Crippen LogP contribution in [0.5, 0.6) is 6.01 Å². The molecule has 32 heavy (non-hydrogen) atoms. The average molecular weight is 438 g/mol. The highest BCUT2D eigenvalue weighted by Crippen LogP contribution is 2.29. The van der Waals surface area contributed by atoms with Gasteiger partial charge in [0.1, 0.15) is 12.4 Å². The zero-order chi connectivity index (χ0) is 21.9. The highest BCUT2D eigenvalue weighted by Gasteiger charge is 2.27. The molecule has 1 aromatic carbocycles. The Balaban J connectivity index is 1.36. The molecule has 2 saturated heterocycles. The summed E-state index contributed by atoms with van der Waals surface area (Å²) in [6.07, 6.45) is 7.58. The molecule has 0 radical (unpaired) electrons. The molecule has 0 spiro atoms. The normalized spacial score (nSPS) is 25.1. The third-order valence-electron chi connectivity index (χ3n) is 6.26. The molecule has 1 N–H and O–H groups in total. The van der Waals surface area contributed by atoms with E-state index in [-0.39, 0.29) is 18.2 Å². The van der Waals surface area contributed by atoms with Crippen LogP contribution in [-0.4, -0.2) is 55.6 Å². The van der Waals surface area contributed by atoms with E-state index in [1.54, 1.807) is 7.11 Å². The third-order valence-corrected chi connectivity index (χ3v) is 6.26. The summed E-state index contributed by atoms with van der Waals surface area (Å²) >= 11 is 0. The van der Waals surface area contributed by atoms with E-state index in [2.05, 4.69) is 47.6 Å². The molecule has 3 unspecified atom stereocenters. The number of anilines is 2. The molecule has 4 heterocycles. The number of nitrogens with one attached hydrogen (secondary N) is 1. The fourth-order valence-electron chi connectivity index (χ4n) is 4.42. The summed E-state index contributed by atoms with van der Waals surface area (Å²) in [5.74, 6) is 1.61. The predicted octanol–water partition coefficient (Wildman–Crippen LogP) is 3.15. The Labute approximate surface area is 189 Å². The molecule has 170 valence electrons. The Morgan fingerprint density at radius 2 is 2.09 bits per heavy atom.